The number of nitrogens with one attached hydrogen (secondary N) is 2. The zero-order valence-corrected chi connectivity index (χ0v) is 22.3. The maximum absolute atomic E-state index is 13.9. The zero-order chi connectivity index (χ0) is 28.7. The Morgan fingerprint density at radius 3 is 2.51 bits per heavy atom. The molecular formula is C27H34F4N4O4. The summed E-state index contributed by atoms with van der Waals surface area (Å²) in [6.45, 7) is 3.94. The van der Waals surface area contributed by atoms with Crippen molar-refractivity contribution in [1.82, 2.24) is 9.80 Å². The number of nitrogens with zero attached hydrogens (tertiary/aromatic N) is 2. The smallest absolute Gasteiger partial charge is 0.390 e. The van der Waals surface area contributed by atoms with Crippen LogP contribution in [0.15, 0.2) is 42.5 Å². The van der Waals surface area contributed by atoms with E-state index in [-0.39, 0.29) is 54.2 Å². The highest BCUT2D eigenvalue weighted by molar-refractivity contribution is 6.01. The molecule has 0 aliphatic carbocycles. The predicted molar refractivity (Wildman–Crippen MR) is 140 cm³/mol. The number of fused-ring (bicyclic) bond motifs is 1. The molecule has 0 unspecified atom stereocenters. The second-order valence-electron chi connectivity index (χ2n) is 9.73. The van der Waals surface area contributed by atoms with Crippen LogP contribution in [-0.2, 0) is 4.74 Å². The van der Waals surface area contributed by atoms with Gasteiger partial charge in [0.1, 0.15) is 18.2 Å². The van der Waals surface area contributed by atoms with Crippen LogP contribution in [-0.4, -0.2) is 80.5 Å². The lowest BCUT2D eigenvalue weighted by Crippen LogP contribution is -2.47. The summed E-state index contributed by atoms with van der Waals surface area (Å²) in [6, 6.07) is 9.02. The Kier molecular flexibility index (Phi) is 10.1. The SMILES string of the molecule is CO[C@@H]1CN(C)C(=O)c2ccc(NC(=O)Nc3ccccc3F)cc2OC[C@@H](C)N(CCC(F)(F)F)C[C@H]1C. The molecule has 3 rings (SSSR count). The molecule has 0 aromatic heterocycles. The fourth-order valence-electron chi connectivity index (χ4n) is 4.35. The molecule has 214 valence electrons. The molecule has 3 atom stereocenters. The van der Waals surface area contributed by atoms with Crippen LogP contribution < -0.4 is 15.4 Å². The van der Waals surface area contributed by atoms with Gasteiger partial charge in [0.05, 0.1) is 23.8 Å². The lowest BCUT2D eigenvalue weighted by atomic mass is 10.0. The number of ether oxygens (including phenoxy) is 2. The number of carbonyl (C=O) groups excluding carboxylic acids is 2. The molecule has 0 fully saturated rings. The minimum Gasteiger partial charge on any atom is -0.491 e. The van der Waals surface area contributed by atoms with Crippen molar-refractivity contribution in [3.8, 4) is 5.75 Å². The number of hydrogen-bond acceptors (Lipinski definition) is 5. The highest BCUT2D eigenvalue weighted by atomic mass is 19.4. The number of likely N-dealkylation sites (N-methyl/N-ethyl adjacent to an activating group) is 1. The van der Waals surface area contributed by atoms with E-state index in [1.54, 1.807) is 24.9 Å². The number of anilines is 2. The zero-order valence-electron chi connectivity index (χ0n) is 22.3. The number of para-hydroxylation sites is 1. The molecule has 2 aromatic rings. The van der Waals surface area contributed by atoms with Crippen LogP contribution >= 0.6 is 0 Å². The molecule has 0 saturated carbocycles. The van der Waals surface area contributed by atoms with Crippen molar-refractivity contribution in [2.75, 3.05) is 51.0 Å². The van der Waals surface area contributed by atoms with Crippen LogP contribution in [0, 0.1) is 11.7 Å². The summed E-state index contributed by atoms with van der Waals surface area (Å²) in [7, 11) is 3.12. The van der Waals surface area contributed by atoms with E-state index >= 15 is 0 Å². The Balaban J connectivity index is 1.87. The van der Waals surface area contributed by atoms with Crippen LogP contribution in [0.1, 0.15) is 30.6 Å². The van der Waals surface area contributed by atoms with Gasteiger partial charge in [0.15, 0.2) is 0 Å². The average molecular weight is 555 g/mol. The van der Waals surface area contributed by atoms with Gasteiger partial charge < -0.3 is 25.0 Å². The molecule has 8 nitrogen and oxygen atoms in total. The highest BCUT2D eigenvalue weighted by Gasteiger charge is 2.32. The molecule has 12 heteroatoms. The molecule has 2 N–H and O–H groups in total. The first-order valence-corrected chi connectivity index (χ1v) is 12.6. The first kappa shape index (κ1) is 30.2. The van der Waals surface area contributed by atoms with Gasteiger partial charge >= 0.3 is 12.2 Å². The van der Waals surface area contributed by atoms with Crippen LogP contribution in [0.5, 0.6) is 5.75 Å². The second kappa shape index (κ2) is 13.1. The predicted octanol–water partition coefficient (Wildman–Crippen LogP) is 5.23. The molecule has 0 spiro atoms. The number of benzene rings is 2. The van der Waals surface area contributed by atoms with Gasteiger partial charge in [0.25, 0.3) is 5.91 Å². The van der Waals surface area contributed by atoms with E-state index in [0.29, 0.717) is 6.54 Å². The Bertz CT molecular complexity index is 1150. The average Bonchev–Trinajstić information content (AvgIpc) is 2.87. The van der Waals surface area contributed by atoms with Crippen LogP contribution in [0.25, 0.3) is 0 Å². The quantitative estimate of drug-likeness (QED) is 0.495. The van der Waals surface area contributed by atoms with Gasteiger partial charge in [-0.3, -0.25) is 9.69 Å². The van der Waals surface area contributed by atoms with Gasteiger partial charge in [-0.05, 0) is 37.1 Å². The highest BCUT2D eigenvalue weighted by Crippen LogP contribution is 2.28. The number of urea groups is 1. The Morgan fingerprint density at radius 1 is 1.13 bits per heavy atom. The molecule has 2 aromatic carbocycles. The van der Waals surface area contributed by atoms with Gasteiger partial charge in [0.2, 0.25) is 0 Å². The lowest BCUT2D eigenvalue weighted by Gasteiger charge is -2.36. The van der Waals surface area contributed by atoms with E-state index in [4.69, 9.17) is 9.47 Å². The number of carbonyl (C=O) groups is 2. The third kappa shape index (κ3) is 8.56. The third-order valence-corrected chi connectivity index (χ3v) is 6.64. The fourth-order valence-corrected chi connectivity index (χ4v) is 4.35. The number of rotatable bonds is 5. The van der Waals surface area contributed by atoms with Crippen LogP contribution in [0.4, 0.5) is 33.7 Å². The molecule has 3 amide bonds. The Hall–Kier alpha value is -3.38. The van der Waals surface area contributed by atoms with Crippen molar-refractivity contribution in [3.05, 3.63) is 53.8 Å². The summed E-state index contributed by atoms with van der Waals surface area (Å²) < 4.78 is 64.6. The van der Waals surface area contributed by atoms with Crippen LogP contribution in [0.3, 0.4) is 0 Å². The first-order valence-electron chi connectivity index (χ1n) is 12.6. The summed E-state index contributed by atoms with van der Waals surface area (Å²) in [6.07, 6.45) is -5.69. The number of halogens is 4. The van der Waals surface area contributed by atoms with E-state index < -0.39 is 36.6 Å². The number of hydrogen-bond donors (Lipinski definition) is 2. The van der Waals surface area contributed by atoms with Crippen molar-refractivity contribution in [1.29, 1.82) is 0 Å². The van der Waals surface area contributed by atoms with E-state index in [1.807, 2.05) is 6.92 Å². The van der Waals surface area contributed by atoms with Gasteiger partial charge in [-0.25, -0.2) is 9.18 Å². The molecule has 1 aliphatic heterocycles. The molecule has 1 aliphatic rings. The largest absolute Gasteiger partial charge is 0.491 e. The van der Waals surface area contributed by atoms with Crippen molar-refractivity contribution < 1.29 is 36.6 Å². The minimum atomic E-state index is -4.31. The van der Waals surface area contributed by atoms with E-state index in [9.17, 15) is 27.2 Å². The maximum Gasteiger partial charge on any atom is 0.390 e. The topological polar surface area (TPSA) is 83.1 Å². The molecule has 39 heavy (non-hydrogen) atoms. The van der Waals surface area contributed by atoms with Crippen LogP contribution in [0.2, 0.25) is 0 Å². The molecule has 1 heterocycles. The summed E-state index contributed by atoms with van der Waals surface area (Å²) >= 11 is 0. The van der Waals surface area contributed by atoms with Crippen molar-refractivity contribution in [2.45, 2.75) is 38.6 Å². The van der Waals surface area contributed by atoms with E-state index in [0.717, 1.165) is 0 Å². The molecule has 0 radical (unpaired) electrons. The van der Waals surface area contributed by atoms with Gasteiger partial charge in [0, 0.05) is 51.6 Å². The number of alkyl halides is 3. The second-order valence-corrected chi connectivity index (χ2v) is 9.73. The molecule has 0 saturated heterocycles. The third-order valence-electron chi connectivity index (χ3n) is 6.64. The number of methoxy groups -OCH3 is 1. The molecular weight excluding hydrogens is 520 g/mol. The summed E-state index contributed by atoms with van der Waals surface area (Å²) in [4.78, 5) is 28.9. The lowest BCUT2D eigenvalue weighted by molar-refractivity contribution is -0.140. The monoisotopic (exact) mass is 554 g/mol. The van der Waals surface area contributed by atoms with Crippen molar-refractivity contribution in [3.63, 3.8) is 0 Å². The maximum atomic E-state index is 13.9. The van der Waals surface area contributed by atoms with Crippen molar-refractivity contribution >= 4 is 23.3 Å². The van der Waals surface area contributed by atoms with Gasteiger partial charge in [-0.2, -0.15) is 13.2 Å². The van der Waals surface area contributed by atoms with Gasteiger partial charge in [-0.15, -0.1) is 0 Å². The standard InChI is InChI=1S/C27H34F4N4O4/c1-17-14-35(12-11-27(29,30)31)18(2)16-39-23-13-19(32-26(37)33-22-8-6-5-7-21(22)28)9-10-20(23)25(36)34(3)15-24(17)38-4/h5-10,13,17-18,24H,11-12,14-16H2,1-4H3,(H2,32,33,37)/t17-,18-,24-/m1/s1. The van der Waals surface area contributed by atoms with Crippen molar-refractivity contribution in [2.24, 2.45) is 5.92 Å². The Morgan fingerprint density at radius 2 is 1.85 bits per heavy atom. The number of amides is 3. The first-order chi connectivity index (χ1) is 18.4. The summed E-state index contributed by atoms with van der Waals surface area (Å²) in [5, 5.41) is 4.99. The normalized spacial score (nSPS) is 21.3. The van der Waals surface area contributed by atoms with E-state index in [1.165, 1.54) is 48.4 Å². The fraction of sp³-hybridized carbons (Fsp3) is 0.481. The molecule has 0 bridgehead atoms. The summed E-state index contributed by atoms with van der Waals surface area (Å²) in [5.41, 5.74) is 0.480. The minimum absolute atomic E-state index is 0.00288. The Labute approximate surface area is 225 Å². The summed E-state index contributed by atoms with van der Waals surface area (Å²) in [5.74, 6) is -0.960. The van der Waals surface area contributed by atoms with E-state index in [2.05, 4.69) is 10.6 Å². The van der Waals surface area contributed by atoms with Gasteiger partial charge in [-0.1, -0.05) is 19.1 Å².